The van der Waals surface area contributed by atoms with E-state index in [4.69, 9.17) is 0 Å². The fourth-order valence-corrected chi connectivity index (χ4v) is 6.39. The van der Waals surface area contributed by atoms with Crippen molar-refractivity contribution >= 4 is 30.6 Å². The Morgan fingerprint density at radius 1 is 0.450 bits per heavy atom. The molecule has 0 radical (unpaired) electrons. The van der Waals surface area contributed by atoms with Gasteiger partial charge in [0, 0.05) is 0 Å². The number of benzene rings is 3. The molecule has 98 valence electrons. The van der Waals surface area contributed by atoms with Gasteiger partial charge in [0.05, 0.1) is 0 Å². The summed E-state index contributed by atoms with van der Waals surface area (Å²) < 4.78 is 0. The Morgan fingerprint density at radius 3 is 0.950 bits per heavy atom. The van der Waals surface area contributed by atoms with Crippen LogP contribution in [0.1, 0.15) is 0 Å². The Balaban J connectivity index is 2.24. The van der Waals surface area contributed by atoms with Gasteiger partial charge in [-0.15, -0.1) is 0 Å². The minimum atomic E-state index is -1.88. The first kappa shape index (κ1) is 13.2. The van der Waals surface area contributed by atoms with Gasteiger partial charge in [-0.25, -0.2) is 0 Å². The van der Waals surface area contributed by atoms with E-state index in [1.807, 2.05) is 0 Å². The van der Waals surface area contributed by atoms with Crippen molar-refractivity contribution in [2.24, 2.45) is 0 Å². The van der Waals surface area contributed by atoms with Crippen molar-refractivity contribution in [1.82, 2.24) is 0 Å². The van der Waals surface area contributed by atoms with Gasteiger partial charge in [-0.3, -0.25) is 0 Å². The molecule has 0 nitrogen and oxygen atoms in total. The van der Waals surface area contributed by atoms with Crippen LogP contribution in [-0.2, 0) is 0 Å². The molecule has 0 aliphatic carbocycles. The van der Waals surface area contributed by atoms with Crippen LogP contribution < -0.4 is 15.9 Å². The topological polar surface area (TPSA) is 0 Å². The van der Waals surface area contributed by atoms with Crippen LogP contribution in [0.4, 0.5) is 0 Å². The summed E-state index contributed by atoms with van der Waals surface area (Å²) in [6.07, 6.45) is 0. The first-order chi connectivity index (χ1) is 9.82. The van der Waals surface area contributed by atoms with Gasteiger partial charge >= 0.3 is 122 Å². The van der Waals surface area contributed by atoms with Crippen LogP contribution in [0.15, 0.2) is 91.0 Å². The number of rotatable bonds is 3. The Morgan fingerprint density at radius 2 is 0.700 bits per heavy atom. The van der Waals surface area contributed by atoms with Crippen LogP contribution in [0.3, 0.4) is 0 Å². The van der Waals surface area contributed by atoms with E-state index in [2.05, 4.69) is 98.6 Å². The SMILES string of the molecule is B[PH](c1ccccc1)(c1ccccc1)c1ccccc1. The fraction of sp³-hybridized carbons (Fsp3) is 0. The average molecular weight is 276 g/mol. The Kier molecular flexibility index (Phi) is 3.71. The van der Waals surface area contributed by atoms with E-state index in [0.29, 0.717) is 0 Å². The van der Waals surface area contributed by atoms with E-state index in [-0.39, 0.29) is 0 Å². The Bertz CT molecular complexity index is 569. The molecule has 3 rings (SSSR count). The van der Waals surface area contributed by atoms with E-state index in [1.54, 1.807) is 0 Å². The number of hydrogen-bond acceptors (Lipinski definition) is 0. The first-order valence-electron chi connectivity index (χ1n) is 6.98. The quantitative estimate of drug-likeness (QED) is 0.508. The van der Waals surface area contributed by atoms with Gasteiger partial charge in [0.25, 0.3) is 0 Å². The molecule has 0 spiro atoms. The summed E-state index contributed by atoms with van der Waals surface area (Å²) in [5.74, 6) is 0. The number of hydrogen-bond donors (Lipinski definition) is 0. The van der Waals surface area contributed by atoms with Gasteiger partial charge < -0.3 is 0 Å². The molecular formula is C18H18BP. The van der Waals surface area contributed by atoms with Gasteiger partial charge in [0.15, 0.2) is 0 Å². The zero-order chi connectivity index (χ0) is 13.8. The van der Waals surface area contributed by atoms with Crippen molar-refractivity contribution in [2.45, 2.75) is 0 Å². The summed E-state index contributed by atoms with van der Waals surface area (Å²) >= 11 is 0. The van der Waals surface area contributed by atoms with Gasteiger partial charge in [-0.1, -0.05) is 0 Å². The molecule has 0 heterocycles. The van der Waals surface area contributed by atoms with E-state index in [1.165, 1.54) is 15.9 Å². The van der Waals surface area contributed by atoms with Gasteiger partial charge in [-0.05, 0) is 0 Å². The molecule has 0 aromatic heterocycles. The van der Waals surface area contributed by atoms with Crippen LogP contribution in [0.2, 0.25) is 0 Å². The summed E-state index contributed by atoms with van der Waals surface area (Å²) in [4.78, 5) is 0. The fourth-order valence-electron chi connectivity index (χ4n) is 2.81. The van der Waals surface area contributed by atoms with Crippen LogP contribution in [-0.4, -0.2) is 7.57 Å². The second kappa shape index (κ2) is 5.65. The molecule has 0 unspecified atom stereocenters. The van der Waals surface area contributed by atoms with Crippen LogP contribution >= 0.6 is 7.14 Å². The molecule has 20 heavy (non-hydrogen) atoms. The summed E-state index contributed by atoms with van der Waals surface area (Å²) in [7, 11) is 0.560. The van der Waals surface area contributed by atoms with Crippen LogP contribution in [0, 0.1) is 0 Å². The molecule has 0 amide bonds. The first-order valence-corrected chi connectivity index (χ1v) is 9.48. The summed E-state index contributed by atoms with van der Waals surface area (Å²) in [5, 5.41) is 4.37. The second-order valence-corrected chi connectivity index (χ2v) is 9.21. The Hall–Kier alpha value is -1.85. The maximum absolute atomic E-state index is 2.44. The molecule has 3 aromatic rings. The van der Waals surface area contributed by atoms with Crippen molar-refractivity contribution < 1.29 is 0 Å². The van der Waals surface area contributed by atoms with E-state index >= 15 is 0 Å². The van der Waals surface area contributed by atoms with Crippen molar-refractivity contribution in [3.8, 4) is 0 Å². The summed E-state index contributed by atoms with van der Waals surface area (Å²) in [5.41, 5.74) is 0. The molecule has 0 fully saturated rings. The third kappa shape index (κ3) is 2.30. The molecule has 0 N–H and O–H groups in total. The van der Waals surface area contributed by atoms with Crippen molar-refractivity contribution in [3.63, 3.8) is 0 Å². The molecule has 3 aromatic carbocycles. The van der Waals surface area contributed by atoms with E-state index in [9.17, 15) is 0 Å². The monoisotopic (exact) mass is 276 g/mol. The zero-order valence-electron chi connectivity index (χ0n) is 11.7. The van der Waals surface area contributed by atoms with E-state index in [0.717, 1.165) is 0 Å². The zero-order valence-corrected chi connectivity index (χ0v) is 12.7. The third-order valence-corrected chi connectivity index (χ3v) is 8.52. The van der Waals surface area contributed by atoms with Crippen LogP contribution in [0.5, 0.6) is 0 Å². The average Bonchev–Trinajstić information content (AvgIpc) is 2.56. The molecule has 0 saturated heterocycles. The predicted octanol–water partition coefficient (Wildman–Crippen LogP) is 2.26. The maximum atomic E-state index is 2.44. The van der Waals surface area contributed by atoms with Crippen molar-refractivity contribution in [2.75, 3.05) is 0 Å². The standard InChI is InChI=1S/C18H18BP/c19-20(16-10-4-1-5-11-16,17-12-6-2-7-13-17)18-14-8-3-9-15-18/h1-15,20H,19H2. The molecule has 0 aliphatic rings. The summed E-state index contributed by atoms with van der Waals surface area (Å²) in [6.45, 7) is 0. The molecule has 2 heteroatoms. The molecule has 0 bridgehead atoms. The van der Waals surface area contributed by atoms with Crippen molar-refractivity contribution in [1.29, 1.82) is 0 Å². The molecule has 0 saturated carbocycles. The van der Waals surface area contributed by atoms with E-state index < -0.39 is 7.14 Å². The molecule has 0 atom stereocenters. The second-order valence-electron chi connectivity index (χ2n) is 5.22. The molecular weight excluding hydrogens is 258 g/mol. The molecule has 0 aliphatic heterocycles. The third-order valence-electron chi connectivity index (χ3n) is 4.05. The van der Waals surface area contributed by atoms with Crippen LogP contribution in [0.25, 0.3) is 0 Å². The summed E-state index contributed by atoms with van der Waals surface area (Å²) in [6, 6.07) is 32.8. The minimum absolute atomic E-state index is 1.46. The normalized spacial score (nSPS) is 12.0. The van der Waals surface area contributed by atoms with Gasteiger partial charge in [-0.2, -0.15) is 0 Å². The Labute approximate surface area is 122 Å². The predicted molar refractivity (Wildman–Crippen MR) is 95.1 cm³/mol. The van der Waals surface area contributed by atoms with Crippen molar-refractivity contribution in [3.05, 3.63) is 91.0 Å². The van der Waals surface area contributed by atoms with Gasteiger partial charge in [0.2, 0.25) is 0 Å². The van der Waals surface area contributed by atoms with Gasteiger partial charge in [0.1, 0.15) is 0 Å².